The Morgan fingerprint density at radius 2 is 2.00 bits per heavy atom. The standard InChI is InChI=1S/C18H19ClFNO4S/c1-25-18(22)14-7-8-15(16(20)11-14)12-21(26(23)24)17(9-10-19)13-5-3-2-4-6-13/h2-8,11,17H,9-10,12H2,1H3,(H,23,24)/p-1. The second-order valence-corrected chi connectivity index (χ2v) is 6.78. The van der Waals surface area contributed by atoms with E-state index in [9.17, 15) is 17.9 Å². The Bertz CT molecular complexity index is 775. The van der Waals surface area contributed by atoms with Crippen LogP contribution in [-0.4, -0.2) is 32.0 Å². The van der Waals surface area contributed by atoms with Gasteiger partial charge in [0.2, 0.25) is 0 Å². The van der Waals surface area contributed by atoms with E-state index in [0.29, 0.717) is 6.42 Å². The summed E-state index contributed by atoms with van der Waals surface area (Å²) < 4.78 is 43.7. The first-order valence-electron chi connectivity index (χ1n) is 7.81. The third-order valence-corrected chi connectivity index (χ3v) is 4.89. The lowest BCUT2D eigenvalue weighted by Gasteiger charge is -2.33. The summed E-state index contributed by atoms with van der Waals surface area (Å²) in [6, 6.07) is 12.3. The summed E-state index contributed by atoms with van der Waals surface area (Å²) >= 11 is 3.25. The van der Waals surface area contributed by atoms with Gasteiger partial charge in [0.05, 0.1) is 12.7 Å². The Labute approximate surface area is 159 Å². The third kappa shape index (κ3) is 5.11. The number of alkyl halides is 1. The summed E-state index contributed by atoms with van der Waals surface area (Å²) in [5.41, 5.74) is 0.977. The first-order chi connectivity index (χ1) is 12.5. The van der Waals surface area contributed by atoms with Crippen LogP contribution in [0.25, 0.3) is 0 Å². The van der Waals surface area contributed by atoms with Crippen LogP contribution in [0.4, 0.5) is 4.39 Å². The van der Waals surface area contributed by atoms with Crippen LogP contribution in [0, 0.1) is 5.82 Å². The predicted octanol–water partition coefficient (Wildman–Crippen LogP) is 3.58. The van der Waals surface area contributed by atoms with Crippen molar-refractivity contribution in [3.8, 4) is 0 Å². The molecule has 2 aromatic carbocycles. The lowest BCUT2D eigenvalue weighted by atomic mass is 10.0. The third-order valence-electron chi connectivity index (χ3n) is 3.91. The van der Waals surface area contributed by atoms with Gasteiger partial charge in [-0.05, 0) is 24.1 Å². The molecule has 0 aliphatic rings. The fraction of sp³-hybridized carbons (Fsp3) is 0.278. The Kier molecular flexibility index (Phi) is 7.71. The zero-order valence-corrected chi connectivity index (χ0v) is 15.6. The van der Waals surface area contributed by atoms with Crippen LogP contribution in [0.5, 0.6) is 0 Å². The molecule has 2 aromatic rings. The van der Waals surface area contributed by atoms with Crippen molar-refractivity contribution in [2.45, 2.75) is 19.0 Å². The average molecular weight is 399 g/mol. The Morgan fingerprint density at radius 1 is 1.31 bits per heavy atom. The van der Waals surface area contributed by atoms with Crippen molar-refractivity contribution in [1.29, 1.82) is 0 Å². The minimum Gasteiger partial charge on any atom is -0.760 e. The van der Waals surface area contributed by atoms with E-state index < -0.39 is 29.1 Å². The molecule has 140 valence electrons. The van der Waals surface area contributed by atoms with Crippen molar-refractivity contribution in [3.05, 3.63) is 71.0 Å². The van der Waals surface area contributed by atoms with Gasteiger partial charge in [0.1, 0.15) is 5.82 Å². The molecule has 0 aromatic heterocycles. The van der Waals surface area contributed by atoms with Crippen LogP contribution < -0.4 is 0 Å². The Balaban J connectivity index is 2.32. The van der Waals surface area contributed by atoms with Gasteiger partial charge in [0.15, 0.2) is 0 Å². The van der Waals surface area contributed by atoms with Gasteiger partial charge in [-0.2, -0.15) is 0 Å². The van der Waals surface area contributed by atoms with Gasteiger partial charge in [0, 0.05) is 35.3 Å². The maximum atomic E-state index is 14.4. The van der Waals surface area contributed by atoms with Crippen LogP contribution in [0.2, 0.25) is 0 Å². The van der Waals surface area contributed by atoms with Crippen molar-refractivity contribution >= 4 is 28.8 Å². The van der Waals surface area contributed by atoms with Gasteiger partial charge in [-0.3, -0.25) is 4.21 Å². The smallest absolute Gasteiger partial charge is 0.337 e. The second kappa shape index (κ2) is 9.78. The molecule has 0 saturated heterocycles. The minimum absolute atomic E-state index is 0.0592. The summed E-state index contributed by atoms with van der Waals surface area (Å²) in [4.78, 5) is 11.5. The van der Waals surface area contributed by atoms with E-state index in [1.54, 1.807) is 24.3 Å². The highest BCUT2D eigenvalue weighted by Crippen LogP contribution is 2.28. The van der Waals surface area contributed by atoms with Gasteiger partial charge in [0.25, 0.3) is 0 Å². The zero-order valence-electron chi connectivity index (χ0n) is 14.1. The van der Waals surface area contributed by atoms with Crippen molar-refractivity contribution < 1.29 is 22.7 Å². The first kappa shape index (κ1) is 20.5. The summed E-state index contributed by atoms with van der Waals surface area (Å²) in [7, 11) is 1.20. The molecular formula is C18H18ClFNO4S-. The number of carbonyl (C=O) groups is 1. The molecule has 5 nitrogen and oxygen atoms in total. The highest BCUT2D eigenvalue weighted by molar-refractivity contribution is 7.76. The van der Waals surface area contributed by atoms with Gasteiger partial charge in [-0.15, -0.1) is 11.6 Å². The van der Waals surface area contributed by atoms with E-state index in [4.69, 9.17) is 11.6 Å². The monoisotopic (exact) mass is 398 g/mol. The summed E-state index contributed by atoms with van der Waals surface area (Å²) in [6.45, 7) is -0.181. The summed E-state index contributed by atoms with van der Waals surface area (Å²) in [5, 5.41) is 0. The normalized spacial score (nSPS) is 13.4. The van der Waals surface area contributed by atoms with Gasteiger partial charge >= 0.3 is 5.97 Å². The number of ether oxygens (including phenoxy) is 1. The molecule has 0 amide bonds. The molecule has 0 heterocycles. The molecule has 0 radical (unpaired) electrons. The predicted molar refractivity (Wildman–Crippen MR) is 96.7 cm³/mol. The molecule has 0 aliphatic carbocycles. The molecule has 26 heavy (non-hydrogen) atoms. The number of benzene rings is 2. The highest BCUT2D eigenvalue weighted by atomic mass is 35.5. The van der Waals surface area contributed by atoms with Crippen LogP contribution in [0.15, 0.2) is 48.5 Å². The number of halogens is 2. The zero-order chi connectivity index (χ0) is 19.1. The number of hydrogen-bond acceptors (Lipinski definition) is 4. The molecule has 2 unspecified atom stereocenters. The van der Waals surface area contributed by atoms with E-state index >= 15 is 0 Å². The van der Waals surface area contributed by atoms with Crippen LogP contribution in [0.1, 0.15) is 33.9 Å². The molecule has 0 bridgehead atoms. The van der Waals surface area contributed by atoms with E-state index in [1.807, 2.05) is 6.07 Å². The lowest BCUT2D eigenvalue weighted by molar-refractivity contribution is 0.0600. The molecule has 2 atom stereocenters. The Hall–Kier alpha value is -1.80. The highest BCUT2D eigenvalue weighted by Gasteiger charge is 2.23. The minimum atomic E-state index is -2.59. The summed E-state index contributed by atoms with van der Waals surface area (Å²) in [6.07, 6.45) is 0.376. The number of esters is 1. The van der Waals surface area contributed by atoms with E-state index in [1.165, 1.54) is 19.2 Å². The maximum Gasteiger partial charge on any atom is 0.337 e. The largest absolute Gasteiger partial charge is 0.760 e. The molecular weight excluding hydrogens is 381 g/mol. The second-order valence-electron chi connectivity index (χ2n) is 5.49. The van der Waals surface area contributed by atoms with Crippen molar-refractivity contribution in [2.75, 3.05) is 13.0 Å². The number of carbonyl (C=O) groups excluding carboxylic acids is 1. The SMILES string of the molecule is COC(=O)c1ccc(CN(C(CCCl)c2ccccc2)S(=O)[O-])c(F)c1. The number of rotatable bonds is 8. The molecule has 0 fully saturated rings. The van der Waals surface area contributed by atoms with E-state index in [-0.39, 0.29) is 23.6 Å². The van der Waals surface area contributed by atoms with Crippen LogP contribution in [-0.2, 0) is 22.5 Å². The fourth-order valence-corrected chi connectivity index (χ4v) is 3.50. The molecule has 8 heteroatoms. The fourth-order valence-electron chi connectivity index (χ4n) is 2.61. The van der Waals surface area contributed by atoms with Gasteiger partial charge in [-0.25, -0.2) is 13.5 Å². The molecule has 0 spiro atoms. The van der Waals surface area contributed by atoms with E-state index in [0.717, 1.165) is 15.9 Å². The van der Waals surface area contributed by atoms with E-state index in [2.05, 4.69) is 4.74 Å². The number of nitrogens with zero attached hydrogens (tertiary/aromatic N) is 1. The molecule has 2 rings (SSSR count). The van der Waals surface area contributed by atoms with Crippen LogP contribution >= 0.6 is 11.6 Å². The first-order valence-corrected chi connectivity index (χ1v) is 9.38. The Morgan fingerprint density at radius 3 is 2.54 bits per heavy atom. The molecule has 0 aliphatic heterocycles. The lowest BCUT2D eigenvalue weighted by Crippen LogP contribution is -2.31. The average Bonchev–Trinajstić information content (AvgIpc) is 2.65. The van der Waals surface area contributed by atoms with Crippen molar-refractivity contribution in [2.24, 2.45) is 0 Å². The van der Waals surface area contributed by atoms with Crippen LogP contribution in [0.3, 0.4) is 0 Å². The topological polar surface area (TPSA) is 69.7 Å². The molecule has 0 saturated carbocycles. The van der Waals surface area contributed by atoms with Gasteiger partial charge < -0.3 is 9.29 Å². The van der Waals surface area contributed by atoms with Crippen molar-refractivity contribution in [1.82, 2.24) is 4.31 Å². The van der Waals surface area contributed by atoms with Gasteiger partial charge in [-0.1, -0.05) is 36.4 Å². The molecule has 0 N–H and O–H groups in total. The number of methoxy groups -OCH3 is 1. The summed E-state index contributed by atoms with van der Waals surface area (Å²) in [5.74, 6) is -1.10. The number of hydrogen-bond donors (Lipinski definition) is 0. The maximum absolute atomic E-state index is 14.4. The van der Waals surface area contributed by atoms with Crippen molar-refractivity contribution in [3.63, 3.8) is 0 Å². The quantitative estimate of drug-likeness (QED) is 0.387.